The number of anilines is 1. The minimum atomic E-state index is -0.254. The first kappa shape index (κ1) is 26.3. The van der Waals surface area contributed by atoms with E-state index in [2.05, 4.69) is 15.3 Å². The van der Waals surface area contributed by atoms with E-state index in [-0.39, 0.29) is 30.7 Å². The van der Waals surface area contributed by atoms with Gasteiger partial charge in [-0.15, -0.1) is 24.8 Å². The number of aromatic nitrogens is 2. The molecule has 1 N–H and O–H groups in total. The van der Waals surface area contributed by atoms with Gasteiger partial charge < -0.3 is 14.8 Å². The lowest BCUT2D eigenvalue weighted by Gasteiger charge is -2.09. The molecule has 9 heteroatoms. The molecule has 0 spiro atoms. The van der Waals surface area contributed by atoms with Gasteiger partial charge in [0.25, 0.3) is 0 Å². The van der Waals surface area contributed by atoms with Crippen molar-refractivity contribution in [3.63, 3.8) is 0 Å². The molecule has 31 heavy (non-hydrogen) atoms. The summed E-state index contributed by atoms with van der Waals surface area (Å²) < 4.78 is 10.5. The summed E-state index contributed by atoms with van der Waals surface area (Å²) in [5, 5.41) is 3.62. The smallest absolute Gasteiger partial charge is 0.248 e. The van der Waals surface area contributed by atoms with E-state index in [9.17, 15) is 4.79 Å². The number of nitrogens with zero attached hydrogens (tertiary/aromatic N) is 2. The molecular formula is C22H23Cl2N3O3S. The van der Waals surface area contributed by atoms with Gasteiger partial charge in [-0.05, 0) is 42.5 Å². The van der Waals surface area contributed by atoms with Gasteiger partial charge in [-0.1, -0.05) is 17.8 Å². The lowest BCUT2D eigenvalue weighted by atomic mass is 10.1. The van der Waals surface area contributed by atoms with Gasteiger partial charge in [-0.25, -0.2) is 4.98 Å². The molecule has 1 amide bonds. The minimum Gasteiger partial charge on any atom is -0.497 e. The summed E-state index contributed by atoms with van der Waals surface area (Å²) in [5.74, 6) is 1.73. The van der Waals surface area contributed by atoms with Crippen molar-refractivity contribution in [3.05, 3.63) is 78.3 Å². The molecule has 0 aliphatic carbocycles. The number of amides is 1. The standard InChI is InChI=1S/C22H21N3O3S.2ClH/c1-27-18-10-8-16(20(14-18)28-2)9-11-21(26)25-19-7-5-13-24-22(19)29-15-17-6-3-4-12-23-17;;/h3-14H,15H2,1-2H3,(H,25,26);2*1H. The molecule has 164 valence electrons. The van der Waals surface area contributed by atoms with Crippen LogP contribution in [0, 0.1) is 0 Å². The van der Waals surface area contributed by atoms with Crippen LogP contribution in [0.2, 0.25) is 0 Å². The van der Waals surface area contributed by atoms with Gasteiger partial charge in [0.15, 0.2) is 0 Å². The number of hydrogen-bond donors (Lipinski definition) is 1. The highest BCUT2D eigenvalue weighted by atomic mass is 35.5. The van der Waals surface area contributed by atoms with Gasteiger partial charge >= 0.3 is 0 Å². The van der Waals surface area contributed by atoms with Crippen LogP contribution in [0.25, 0.3) is 6.08 Å². The lowest BCUT2D eigenvalue weighted by Crippen LogP contribution is -2.09. The lowest BCUT2D eigenvalue weighted by molar-refractivity contribution is -0.111. The van der Waals surface area contributed by atoms with E-state index >= 15 is 0 Å². The molecule has 6 nitrogen and oxygen atoms in total. The van der Waals surface area contributed by atoms with Crippen LogP contribution in [0.5, 0.6) is 11.5 Å². The van der Waals surface area contributed by atoms with E-state index < -0.39 is 0 Å². The van der Waals surface area contributed by atoms with E-state index in [1.165, 1.54) is 17.8 Å². The van der Waals surface area contributed by atoms with Crippen LogP contribution in [0.3, 0.4) is 0 Å². The molecule has 0 unspecified atom stereocenters. The Morgan fingerprint density at radius 3 is 2.55 bits per heavy atom. The van der Waals surface area contributed by atoms with Crippen molar-refractivity contribution in [1.82, 2.24) is 9.97 Å². The van der Waals surface area contributed by atoms with Gasteiger partial charge in [0.2, 0.25) is 5.91 Å². The Morgan fingerprint density at radius 1 is 1.03 bits per heavy atom. The van der Waals surface area contributed by atoms with Crippen LogP contribution in [0.4, 0.5) is 5.69 Å². The summed E-state index contributed by atoms with van der Waals surface area (Å²) in [6.07, 6.45) is 6.62. The SMILES string of the molecule is COc1ccc(C=CC(=O)Nc2cccnc2SCc2ccccn2)c(OC)c1.Cl.Cl. The van der Waals surface area contributed by atoms with E-state index in [4.69, 9.17) is 9.47 Å². The highest BCUT2D eigenvalue weighted by Gasteiger charge is 2.08. The molecule has 0 saturated carbocycles. The molecule has 0 bridgehead atoms. The molecule has 0 atom stereocenters. The van der Waals surface area contributed by atoms with Crippen LogP contribution in [0.1, 0.15) is 11.3 Å². The third-order valence-corrected chi connectivity index (χ3v) is 5.01. The summed E-state index contributed by atoms with van der Waals surface area (Å²) in [7, 11) is 3.17. The van der Waals surface area contributed by atoms with Crippen molar-refractivity contribution in [2.75, 3.05) is 19.5 Å². The average Bonchev–Trinajstić information content (AvgIpc) is 2.77. The number of hydrogen-bond acceptors (Lipinski definition) is 6. The zero-order chi connectivity index (χ0) is 20.5. The number of rotatable bonds is 8. The van der Waals surface area contributed by atoms with Crippen molar-refractivity contribution >= 4 is 54.2 Å². The van der Waals surface area contributed by atoms with E-state index in [0.717, 1.165) is 16.3 Å². The maximum absolute atomic E-state index is 12.4. The van der Waals surface area contributed by atoms with Crippen LogP contribution in [-0.4, -0.2) is 30.1 Å². The van der Waals surface area contributed by atoms with Crippen molar-refractivity contribution in [2.45, 2.75) is 10.8 Å². The Morgan fingerprint density at radius 2 is 1.84 bits per heavy atom. The van der Waals surface area contributed by atoms with Crippen LogP contribution in [-0.2, 0) is 10.5 Å². The van der Waals surface area contributed by atoms with Gasteiger partial charge in [-0.3, -0.25) is 9.78 Å². The largest absolute Gasteiger partial charge is 0.497 e. The topological polar surface area (TPSA) is 73.3 Å². The fourth-order valence-electron chi connectivity index (χ4n) is 2.52. The van der Waals surface area contributed by atoms with Crippen LogP contribution in [0.15, 0.2) is 72.0 Å². The molecule has 0 aliphatic heterocycles. The summed E-state index contributed by atoms with van der Waals surface area (Å²) in [6, 6.07) is 14.8. The summed E-state index contributed by atoms with van der Waals surface area (Å²) in [4.78, 5) is 21.1. The number of nitrogens with one attached hydrogen (secondary N) is 1. The number of carbonyl (C=O) groups is 1. The molecule has 2 heterocycles. The normalized spacial score (nSPS) is 10.0. The maximum atomic E-state index is 12.4. The molecule has 0 fully saturated rings. The molecule has 0 radical (unpaired) electrons. The molecular weight excluding hydrogens is 457 g/mol. The second kappa shape index (κ2) is 13.5. The number of methoxy groups -OCH3 is 2. The number of thioether (sulfide) groups is 1. The predicted octanol–water partition coefficient (Wildman–Crippen LogP) is 5.28. The zero-order valence-corrected chi connectivity index (χ0v) is 19.4. The van der Waals surface area contributed by atoms with Crippen molar-refractivity contribution < 1.29 is 14.3 Å². The van der Waals surface area contributed by atoms with Crippen molar-refractivity contribution in [2.24, 2.45) is 0 Å². The second-order valence-corrected chi connectivity index (χ2v) is 6.86. The Hall–Kier alpha value is -2.74. The first-order valence-electron chi connectivity index (χ1n) is 8.88. The summed E-state index contributed by atoms with van der Waals surface area (Å²) in [6.45, 7) is 0. The fourth-order valence-corrected chi connectivity index (χ4v) is 3.39. The Bertz CT molecular complexity index is 1000. The first-order valence-corrected chi connectivity index (χ1v) is 9.87. The number of halogens is 2. The number of ether oxygens (including phenoxy) is 2. The fraction of sp³-hybridized carbons (Fsp3) is 0.136. The molecule has 1 aromatic carbocycles. The number of benzene rings is 1. The Labute approximate surface area is 198 Å². The molecule has 3 aromatic rings. The zero-order valence-electron chi connectivity index (χ0n) is 17.0. The minimum absolute atomic E-state index is 0. The highest BCUT2D eigenvalue weighted by Crippen LogP contribution is 2.28. The predicted molar refractivity (Wildman–Crippen MR) is 130 cm³/mol. The molecule has 2 aromatic heterocycles. The Balaban J connectivity index is 0.00000240. The van der Waals surface area contributed by atoms with E-state index in [1.807, 2.05) is 36.4 Å². The van der Waals surface area contributed by atoms with Gasteiger partial charge in [0.1, 0.15) is 16.5 Å². The average molecular weight is 480 g/mol. The van der Waals surface area contributed by atoms with E-state index in [1.54, 1.807) is 44.8 Å². The maximum Gasteiger partial charge on any atom is 0.248 e. The van der Waals surface area contributed by atoms with Gasteiger partial charge in [0, 0.05) is 35.9 Å². The van der Waals surface area contributed by atoms with Gasteiger partial charge in [0.05, 0.1) is 25.6 Å². The molecule has 3 rings (SSSR count). The highest BCUT2D eigenvalue weighted by molar-refractivity contribution is 7.98. The quantitative estimate of drug-likeness (QED) is 0.349. The van der Waals surface area contributed by atoms with Crippen molar-refractivity contribution in [1.29, 1.82) is 0 Å². The first-order chi connectivity index (χ1) is 14.2. The molecule has 0 aliphatic rings. The van der Waals surface area contributed by atoms with Crippen LogP contribution >= 0.6 is 36.6 Å². The second-order valence-electron chi connectivity index (χ2n) is 5.90. The van der Waals surface area contributed by atoms with Gasteiger partial charge in [-0.2, -0.15) is 0 Å². The van der Waals surface area contributed by atoms with Crippen molar-refractivity contribution in [3.8, 4) is 11.5 Å². The number of pyridine rings is 2. The van der Waals surface area contributed by atoms with E-state index in [0.29, 0.717) is 22.9 Å². The summed E-state index contributed by atoms with van der Waals surface area (Å²) in [5.41, 5.74) is 2.39. The Kier molecular flexibility index (Phi) is 11.5. The third-order valence-electron chi connectivity index (χ3n) is 3.97. The van der Waals surface area contributed by atoms with Crippen LogP contribution < -0.4 is 14.8 Å². The number of carbonyl (C=O) groups excluding carboxylic acids is 1. The third kappa shape index (κ3) is 7.79. The monoisotopic (exact) mass is 479 g/mol. The molecule has 0 saturated heterocycles. The summed E-state index contributed by atoms with van der Waals surface area (Å²) >= 11 is 1.52.